The third-order valence-corrected chi connectivity index (χ3v) is 30.5. The molecule has 11 nitrogen and oxygen atoms in total. The Morgan fingerprint density at radius 2 is 1.47 bits per heavy atom. The van der Waals surface area contributed by atoms with Gasteiger partial charge in [-0.2, -0.15) is 0 Å². The van der Waals surface area contributed by atoms with E-state index in [4.69, 9.17) is 27.5 Å². The molecule has 0 radical (unpaired) electrons. The molecule has 1 amide bonds. The minimum atomic E-state index is -2.14. The molecule has 0 aliphatic carbocycles. The van der Waals surface area contributed by atoms with Gasteiger partial charge in [0.1, 0.15) is 11.7 Å². The predicted octanol–water partition coefficient (Wildman–Crippen LogP) is 12.0. The van der Waals surface area contributed by atoms with Gasteiger partial charge in [-0.15, -0.1) is 0 Å². The van der Waals surface area contributed by atoms with Crippen molar-refractivity contribution in [2.75, 3.05) is 33.2 Å². The molecule has 3 unspecified atom stereocenters. The molecule has 2 saturated heterocycles. The van der Waals surface area contributed by atoms with Gasteiger partial charge in [0, 0.05) is 50.5 Å². The second kappa shape index (κ2) is 26.5. The Morgan fingerprint density at radius 3 is 2.00 bits per heavy atom. The maximum absolute atomic E-state index is 14.1. The Hall–Kier alpha value is -1.63. The van der Waals surface area contributed by atoms with Gasteiger partial charge in [-0.1, -0.05) is 107 Å². The van der Waals surface area contributed by atoms with E-state index in [-0.39, 0.29) is 49.0 Å². The van der Waals surface area contributed by atoms with Crippen LogP contribution in [0.4, 0.5) is 4.79 Å². The van der Waals surface area contributed by atoms with Crippen molar-refractivity contribution in [3.8, 4) is 0 Å². The van der Waals surface area contributed by atoms with Crippen molar-refractivity contribution in [1.29, 1.82) is 0 Å². The van der Waals surface area contributed by atoms with Crippen LogP contribution in [-0.4, -0.2) is 133 Å². The highest BCUT2D eigenvalue weighted by Gasteiger charge is 2.51. The molecule has 0 aromatic carbocycles. The average molecular weight is 980 g/mol. The van der Waals surface area contributed by atoms with E-state index in [1.807, 2.05) is 27.0 Å². The number of epoxide rings is 1. The number of allylic oxidation sites excluding steroid dienone is 2. The molecule has 2 fully saturated rings. The summed E-state index contributed by atoms with van der Waals surface area (Å²) in [5.74, 6) is -0.334. The maximum Gasteiger partial charge on any atom is 0.410 e. The number of piperazine rings is 1. The Kier molecular flexibility index (Phi) is 23.6. The number of carbonyl (C=O) groups excluding carboxylic acids is 2. The van der Waals surface area contributed by atoms with Gasteiger partial charge < -0.3 is 42.4 Å². The highest BCUT2D eigenvalue weighted by atomic mass is 28.4. The molecule has 14 heteroatoms. The number of hydrogen-bond donors (Lipinski definition) is 1. The van der Waals surface area contributed by atoms with E-state index in [9.17, 15) is 14.7 Å². The molecular formula is C52H98N2O9Si3. The highest BCUT2D eigenvalue weighted by molar-refractivity contribution is 6.74. The summed E-state index contributed by atoms with van der Waals surface area (Å²) in [5, 5.41) is 12.1. The van der Waals surface area contributed by atoms with Gasteiger partial charge in [0.05, 0.1) is 30.3 Å². The van der Waals surface area contributed by atoms with Crippen LogP contribution in [-0.2, 0) is 32.3 Å². The van der Waals surface area contributed by atoms with Gasteiger partial charge in [-0.05, 0) is 113 Å². The lowest BCUT2D eigenvalue weighted by atomic mass is 9.88. The van der Waals surface area contributed by atoms with Crippen molar-refractivity contribution >= 4 is 37.0 Å². The summed E-state index contributed by atoms with van der Waals surface area (Å²) in [4.78, 5) is 31.6. The van der Waals surface area contributed by atoms with Crippen molar-refractivity contribution in [3.63, 3.8) is 0 Å². The number of likely N-dealkylation sites (N-methyl/N-ethyl adjacent to an activating group) is 1. The Labute approximate surface area is 406 Å². The molecule has 382 valence electrons. The zero-order valence-corrected chi connectivity index (χ0v) is 47.8. The van der Waals surface area contributed by atoms with Crippen molar-refractivity contribution in [3.05, 3.63) is 36.0 Å². The molecule has 0 aromatic rings. The standard InChI is InChI=1S/C52H98N2O9Si3/c1-17-44(62-65(21-5,22-6)23-7)42(13)49-45(58-49)39-51(14,63-66(24-8,25-9)26-10)32-27-28-40(11)48-41(12)29-30-46(59-50(56)54-36-34-53(16)35-37-54)52(15,57)33-31-43(38-47(55)60-48)61-64(18-2,19-3)20-4/h27-30,32,41-46,48-49,57H,17-26,31,33-39H2,1-16H3/b30-29+,32-27+,40-28+/t41-,42?,43+,44?,45-,46-,48+,49-,51?,52+/m0/s1. The first-order chi connectivity index (χ1) is 31.1. The van der Waals surface area contributed by atoms with E-state index in [1.165, 1.54) is 0 Å². The van der Waals surface area contributed by atoms with Crippen LogP contribution in [0.5, 0.6) is 0 Å². The minimum absolute atomic E-state index is 0.0774. The summed E-state index contributed by atoms with van der Waals surface area (Å²) < 4.78 is 40.5. The second-order valence-electron chi connectivity index (χ2n) is 20.8. The molecule has 3 aliphatic heterocycles. The van der Waals surface area contributed by atoms with E-state index in [1.54, 1.807) is 17.9 Å². The summed E-state index contributed by atoms with van der Waals surface area (Å²) in [7, 11) is -3.92. The number of hydrogen-bond acceptors (Lipinski definition) is 10. The SMILES string of the molecule is CCC(O[Si](CC)(CC)CC)C(C)[C@@H]1O[C@H]1CC(C)(/C=C/C=C(\C)[C@H]1OC(=O)C[C@H](O[Si](CC)(CC)CC)CC[C@@](C)(O)[C@@H](OC(=O)N2CCN(C)CC2)/C=C/[C@@H]1C)O[Si](CC)(CC)CC. The summed E-state index contributed by atoms with van der Waals surface area (Å²) in [5.41, 5.74) is -1.09. The molecule has 66 heavy (non-hydrogen) atoms. The molecule has 0 aromatic heterocycles. The van der Waals surface area contributed by atoms with E-state index in [2.05, 4.69) is 106 Å². The molecule has 10 atom stereocenters. The number of rotatable bonds is 24. The van der Waals surface area contributed by atoms with E-state index in [0.29, 0.717) is 19.5 Å². The van der Waals surface area contributed by atoms with Crippen LogP contribution in [0.15, 0.2) is 36.0 Å². The van der Waals surface area contributed by atoms with E-state index >= 15 is 0 Å². The van der Waals surface area contributed by atoms with Gasteiger partial charge in [-0.3, -0.25) is 4.79 Å². The molecule has 0 bridgehead atoms. The number of aliphatic hydroxyl groups is 1. The topological polar surface area (TPSA) is 120 Å². The summed E-state index contributed by atoms with van der Waals surface area (Å²) in [6.07, 6.45) is 10.6. The molecule has 3 rings (SSSR count). The summed E-state index contributed by atoms with van der Waals surface area (Å²) >= 11 is 0. The van der Waals surface area contributed by atoms with Crippen molar-refractivity contribution in [1.82, 2.24) is 9.80 Å². The van der Waals surface area contributed by atoms with Crippen LogP contribution in [0.2, 0.25) is 54.4 Å². The Balaban J connectivity index is 2.00. The summed E-state index contributed by atoms with van der Waals surface area (Å²) in [6, 6.07) is 9.33. The van der Waals surface area contributed by atoms with Crippen LogP contribution in [0, 0.1) is 11.8 Å². The van der Waals surface area contributed by atoms with Gasteiger partial charge in [0.25, 0.3) is 0 Å². The fourth-order valence-electron chi connectivity index (χ4n) is 10.4. The summed E-state index contributed by atoms with van der Waals surface area (Å²) in [6.45, 7) is 35.4. The van der Waals surface area contributed by atoms with Gasteiger partial charge in [0.15, 0.2) is 31.1 Å². The van der Waals surface area contributed by atoms with Crippen molar-refractivity contribution in [2.45, 2.75) is 238 Å². The largest absolute Gasteiger partial charge is 0.457 e. The van der Waals surface area contributed by atoms with Gasteiger partial charge in [-0.25, -0.2) is 4.79 Å². The van der Waals surface area contributed by atoms with Crippen LogP contribution >= 0.6 is 0 Å². The van der Waals surface area contributed by atoms with E-state index in [0.717, 1.165) is 85.9 Å². The number of cyclic esters (lactones) is 1. The lowest BCUT2D eigenvalue weighted by Crippen LogP contribution is -2.50. The molecule has 0 saturated carbocycles. The molecule has 3 heterocycles. The number of amides is 1. The molecule has 3 aliphatic rings. The van der Waals surface area contributed by atoms with E-state index < -0.39 is 60.6 Å². The zero-order valence-electron chi connectivity index (χ0n) is 44.8. The predicted molar refractivity (Wildman–Crippen MR) is 278 cm³/mol. The first-order valence-corrected chi connectivity index (χ1v) is 34.1. The average Bonchev–Trinajstić information content (AvgIpc) is 4.08. The number of esters is 1. The number of ether oxygens (including phenoxy) is 3. The molecular weight excluding hydrogens is 881 g/mol. The minimum Gasteiger partial charge on any atom is -0.457 e. The van der Waals surface area contributed by atoms with Crippen molar-refractivity contribution < 1.29 is 42.2 Å². The first kappa shape index (κ1) is 58.7. The quantitative estimate of drug-likeness (QED) is 0.0329. The lowest BCUT2D eigenvalue weighted by Gasteiger charge is -2.39. The lowest BCUT2D eigenvalue weighted by molar-refractivity contribution is -0.151. The first-order valence-electron chi connectivity index (χ1n) is 26.5. The van der Waals surface area contributed by atoms with Crippen LogP contribution in [0.3, 0.4) is 0 Å². The third-order valence-electron chi connectivity index (χ3n) is 16.4. The Morgan fingerprint density at radius 1 is 0.909 bits per heavy atom. The van der Waals surface area contributed by atoms with Gasteiger partial charge in [0.2, 0.25) is 0 Å². The highest BCUT2D eigenvalue weighted by Crippen LogP contribution is 2.43. The smallest absolute Gasteiger partial charge is 0.410 e. The van der Waals surface area contributed by atoms with Crippen LogP contribution < -0.4 is 0 Å². The second-order valence-corrected chi connectivity index (χ2v) is 34.9. The third kappa shape index (κ3) is 16.2. The zero-order chi connectivity index (χ0) is 49.5. The number of carbonyl (C=O) groups is 2. The molecule has 0 spiro atoms. The normalized spacial score (nSPS) is 29.1. The van der Waals surface area contributed by atoms with Crippen molar-refractivity contribution in [2.24, 2.45) is 11.8 Å². The Bertz CT molecular complexity index is 1550. The maximum atomic E-state index is 14.1. The fourth-order valence-corrected chi connectivity index (χ4v) is 19.5. The molecule has 1 N–H and O–H groups in total. The van der Waals surface area contributed by atoms with Crippen LogP contribution in [0.25, 0.3) is 0 Å². The number of nitrogens with zero attached hydrogens (tertiary/aromatic N) is 2. The van der Waals surface area contributed by atoms with Crippen LogP contribution in [0.1, 0.15) is 136 Å². The van der Waals surface area contributed by atoms with Gasteiger partial charge >= 0.3 is 12.1 Å². The fraction of sp³-hybridized carbons (Fsp3) is 0.846. The monoisotopic (exact) mass is 979 g/mol.